The van der Waals surface area contributed by atoms with Crippen LogP contribution in [0.5, 0.6) is 5.75 Å². The van der Waals surface area contributed by atoms with Gasteiger partial charge in [0, 0.05) is 0 Å². The first-order valence-corrected chi connectivity index (χ1v) is 15.3. The molecule has 3 saturated carbocycles. The summed E-state index contributed by atoms with van der Waals surface area (Å²) in [4.78, 5) is 0. The van der Waals surface area contributed by atoms with Gasteiger partial charge in [-0.15, -0.1) is 0 Å². The van der Waals surface area contributed by atoms with Crippen LogP contribution < -0.4 is 4.74 Å². The van der Waals surface area contributed by atoms with Crippen LogP contribution in [0.2, 0.25) is 0 Å². The third-order valence-electron chi connectivity index (χ3n) is 10.0. The van der Waals surface area contributed by atoms with Crippen LogP contribution in [-0.4, -0.2) is 6.61 Å². The van der Waals surface area contributed by atoms with Gasteiger partial charge >= 0.3 is 6.61 Å². The highest BCUT2D eigenvalue weighted by Gasteiger charge is 2.36. The predicted molar refractivity (Wildman–Crippen MR) is 142 cm³/mol. The summed E-state index contributed by atoms with van der Waals surface area (Å²) >= 11 is 0. The van der Waals surface area contributed by atoms with Crippen molar-refractivity contribution < 1.29 is 17.9 Å². The molecule has 1 nitrogen and oxygen atoms in total. The van der Waals surface area contributed by atoms with Gasteiger partial charge in [-0.1, -0.05) is 96.5 Å². The Morgan fingerprint density at radius 3 is 2.11 bits per heavy atom. The first-order valence-electron chi connectivity index (χ1n) is 15.3. The van der Waals surface area contributed by atoms with Crippen molar-refractivity contribution in [1.82, 2.24) is 0 Å². The van der Waals surface area contributed by atoms with Crippen LogP contribution in [0.1, 0.15) is 134 Å². The molecule has 3 fully saturated rings. The fraction of sp³-hybridized carbons (Fsp3) is 0.812. The van der Waals surface area contributed by atoms with E-state index in [-0.39, 0.29) is 5.75 Å². The van der Waals surface area contributed by atoms with Crippen LogP contribution in [0.25, 0.3) is 0 Å². The van der Waals surface area contributed by atoms with Gasteiger partial charge in [0.2, 0.25) is 0 Å². The standard InChI is InChI=1S/C32H49F3O/c1-2-3-4-5-6-7-23-8-10-24(11-9-23)12-13-25-14-15-27-21-28(17-16-26(27)20-25)29-18-19-31(30(33)22-29)36-32(34)35/h18-19,22-28,32H,2-17,20-21H2,1H3. The highest BCUT2D eigenvalue weighted by molar-refractivity contribution is 5.31. The lowest BCUT2D eigenvalue weighted by Gasteiger charge is -2.43. The maximum Gasteiger partial charge on any atom is 0.387 e. The first-order chi connectivity index (χ1) is 17.5. The molecule has 1 aromatic rings. The second kappa shape index (κ2) is 14.1. The van der Waals surface area contributed by atoms with Crippen LogP contribution in [0, 0.1) is 35.4 Å². The molecule has 0 bridgehead atoms. The summed E-state index contributed by atoms with van der Waals surface area (Å²) < 4.78 is 43.4. The Kier molecular flexibility index (Phi) is 10.9. The Morgan fingerprint density at radius 1 is 0.750 bits per heavy atom. The van der Waals surface area contributed by atoms with E-state index in [4.69, 9.17) is 0 Å². The van der Waals surface area contributed by atoms with Gasteiger partial charge in [0.1, 0.15) is 0 Å². The molecule has 0 amide bonds. The van der Waals surface area contributed by atoms with E-state index < -0.39 is 12.4 Å². The summed E-state index contributed by atoms with van der Waals surface area (Å²) in [7, 11) is 0. The molecule has 3 aliphatic carbocycles. The van der Waals surface area contributed by atoms with Crippen LogP contribution in [-0.2, 0) is 0 Å². The lowest BCUT2D eigenvalue weighted by atomic mass is 9.63. The van der Waals surface area contributed by atoms with E-state index in [2.05, 4.69) is 11.7 Å². The first kappa shape index (κ1) is 27.8. The second-order valence-electron chi connectivity index (χ2n) is 12.4. The Morgan fingerprint density at radius 2 is 1.39 bits per heavy atom. The average molecular weight is 507 g/mol. The van der Waals surface area contributed by atoms with Crippen molar-refractivity contribution in [3.8, 4) is 5.75 Å². The molecular weight excluding hydrogens is 457 g/mol. The molecular formula is C32H49F3O. The summed E-state index contributed by atoms with van der Waals surface area (Å²) in [6.07, 6.45) is 24.8. The highest BCUT2D eigenvalue weighted by atomic mass is 19.3. The van der Waals surface area contributed by atoms with Crippen LogP contribution >= 0.6 is 0 Å². The van der Waals surface area contributed by atoms with E-state index in [0.29, 0.717) is 5.92 Å². The number of benzene rings is 1. The van der Waals surface area contributed by atoms with E-state index in [1.165, 1.54) is 115 Å². The Bertz CT molecular complexity index is 773. The van der Waals surface area contributed by atoms with E-state index in [1.807, 2.05) is 0 Å². The zero-order valence-corrected chi connectivity index (χ0v) is 22.5. The van der Waals surface area contributed by atoms with Crippen molar-refractivity contribution in [3.05, 3.63) is 29.6 Å². The fourth-order valence-electron chi connectivity index (χ4n) is 7.83. The SMILES string of the molecule is CCCCCCCC1CCC(CCC2CCC3CC(c4ccc(OC(F)F)c(F)c4)CCC3C2)CC1. The number of rotatable bonds is 12. The molecule has 3 aliphatic rings. The van der Waals surface area contributed by atoms with E-state index in [1.54, 1.807) is 6.07 Å². The van der Waals surface area contributed by atoms with Gasteiger partial charge in [0.25, 0.3) is 0 Å². The largest absolute Gasteiger partial charge is 0.432 e. The molecule has 0 aromatic heterocycles. The molecule has 0 heterocycles. The summed E-state index contributed by atoms with van der Waals surface area (Å²) in [5.41, 5.74) is 0.950. The van der Waals surface area contributed by atoms with Crippen LogP contribution in [0.3, 0.4) is 0 Å². The average Bonchev–Trinajstić information content (AvgIpc) is 2.88. The third kappa shape index (κ3) is 8.15. The number of ether oxygens (including phenoxy) is 1. The molecule has 0 saturated heterocycles. The number of fused-ring (bicyclic) bond motifs is 1. The molecule has 4 rings (SSSR count). The lowest BCUT2D eigenvalue weighted by molar-refractivity contribution is -0.0522. The Labute approximate surface area is 218 Å². The van der Waals surface area contributed by atoms with Gasteiger partial charge < -0.3 is 4.74 Å². The molecule has 4 atom stereocenters. The summed E-state index contributed by atoms with van der Waals surface area (Å²) in [6.45, 7) is -0.696. The number of hydrogen-bond acceptors (Lipinski definition) is 1. The molecule has 0 radical (unpaired) electrons. The molecule has 1 aromatic carbocycles. The molecule has 204 valence electrons. The van der Waals surface area contributed by atoms with Crippen LogP contribution in [0.15, 0.2) is 18.2 Å². The highest BCUT2D eigenvalue weighted by Crippen LogP contribution is 2.49. The molecule has 0 spiro atoms. The third-order valence-corrected chi connectivity index (χ3v) is 10.0. The molecule has 0 aliphatic heterocycles. The number of alkyl halides is 2. The van der Waals surface area contributed by atoms with Gasteiger partial charge in [-0.2, -0.15) is 8.78 Å². The topological polar surface area (TPSA) is 9.23 Å². The Hall–Kier alpha value is -1.19. The molecule has 4 unspecified atom stereocenters. The van der Waals surface area contributed by atoms with Crippen molar-refractivity contribution in [1.29, 1.82) is 0 Å². The van der Waals surface area contributed by atoms with Crippen molar-refractivity contribution >= 4 is 0 Å². The van der Waals surface area contributed by atoms with Gasteiger partial charge in [-0.05, 0) is 85.3 Å². The predicted octanol–water partition coefficient (Wildman–Crippen LogP) is 10.7. The van der Waals surface area contributed by atoms with Gasteiger partial charge in [-0.25, -0.2) is 4.39 Å². The van der Waals surface area contributed by atoms with Crippen molar-refractivity contribution in [2.75, 3.05) is 0 Å². The lowest BCUT2D eigenvalue weighted by Crippen LogP contribution is -2.30. The maximum atomic E-state index is 14.2. The molecule has 36 heavy (non-hydrogen) atoms. The summed E-state index contributed by atoms with van der Waals surface area (Å²) in [5, 5.41) is 0. The van der Waals surface area contributed by atoms with E-state index in [9.17, 15) is 13.2 Å². The maximum absolute atomic E-state index is 14.2. The zero-order chi connectivity index (χ0) is 25.3. The minimum atomic E-state index is -2.99. The minimum Gasteiger partial charge on any atom is -0.432 e. The summed E-state index contributed by atoms with van der Waals surface area (Å²) in [6, 6.07) is 4.59. The van der Waals surface area contributed by atoms with Gasteiger partial charge in [-0.3, -0.25) is 0 Å². The van der Waals surface area contributed by atoms with E-state index in [0.717, 1.165) is 48.0 Å². The Balaban J connectivity index is 1.14. The van der Waals surface area contributed by atoms with Crippen molar-refractivity contribution in [2.45, 2.75) is 135 Å². The number of unbranched alkanes of at least 4 members (excludes halogenated alkanes) is 4. The number of hydrogen-bond donors (Lipinski definition) is 0. The quantitative estimate of drug-likeness (QED) is 0.256. The molecule has 4 heteroatoms. The second-order valence-corrected chi connectivity index (χ2v) is 12.4. The zero-order valence-electron chi connectivity index (χ0n) is 22.5. The minimum absolute atomic E-state index is 0.347. The number of halogens is 3. The van der Waals surface area contributed by atoms with E-state index >= 15 is 0 Å². The van der Waals surface area contributed by atoms with Crippen molar-refractivity contribution in [2.24, 2.45) is 29.6 Å². The normalized spacial score (nSPS) is 30.8. The van der Waals surface area contributed by atoms with Crippen molar-refractivity contribution in [3.63, 3.8) is 0 Å². The monoisotopic (exact) mass is 506 g/mol. The van der Waals surface area contributed by atoms with Gasteiger partial charge in [0.15, 0.2) is 11.6 Å². The van der Waals surface area contributed by atoms with Crippen LogP contribution in [0.4, 0.5) is 13.2 Å². The molecule has 0 N–H and O–H groups in total. The fourth-order valence-corrected chi connectivity index (χ4v) is 7.83. The summed E-state index contributed by atoms with van der Waals surface area (Å²) in [5.74, 6) is 3.79. The van der Waals surface area contributed by atoms with Gasteiger partial charge in [0.05, 0.1) is 0 Å². The smallest absolute Gasteiger partial charge is 0.387 e.